The Bertz CT molecular complexity index is 748. The Labute approximate surface area is 133 Å². The molecule has 120 valence electrons. The molecule has 23 heavy (non-hydrogen) atoms. The van der Waals surface area contributed by atoms with Gasteiger partial charge in [0.15, 0.2) is 0 Å². The van der Waals surface area contributed by atoms with Gasteiger partial charge in [-0.15, -0.1) is 5.10 Å². The van der Waals surface area contributed by atoms with Crippen molar-refractivity contribution in [3.63, 3.8) is 0 Å². The van der Waals surface area contributed by atoms with Gasteiger partial charge < -0.3 is 10.2 Å². The number of amides is 1. The molecule has 0 spiro atoms. The Morgan fingerprint density at radius 3 is 3.09 bits per heavy atom. The van der Waals surface area contributed by atoms with E-state index in [4.69, 9.17) is 0 Å². The molecule has 0 saturated carbocycles. The van der Waals surface area contributed by atoms with Crippen molar-refractivity contribution >= 4 is 11.9 Å². The van der Waals surface area contributed by atoms with Gasteiger partial charge in [-0.3, -0.25) is 4.79 Å². The molecule has 0 radical (unpaired) electrons. The molecule has 1 amide bonds. The van der Waals surface area contributed by atoms with E-state index >= 15 is 0 Å². The second-order valence-corrected chi connectivity index (χ2v) is 6.03. The Balaban J connectivity index is 1.62. The number of anilines is 1. The average Bonchev–Trinajstić information content (AvgIpc) is 2.98. The molecule has 1 N–H and O–H groups in total. The molecule has 0 aliphatic carbocycles. The van der Waals surface area contributed by atoms with Crippen LogP contribution in [0.4, 0.5) is 10.3 Å². The number of fused-ring (bicyclic) bond motifs is 2. The van der Waals surface area contributed by atoms with E-state index in [1.807, 2.05) is 6.92 Å². The monoisotopic (exact) mass is 315 g/mol. The SMILES string of the molecule is CC1c2ccc(F)cc2CCN1C(=O)c1nc2n(n1)CCCN2. The number of aryl methyl sites for hydroxylation is 1. The summed E-state index contributed by atoms with van der Waals surface area (Å²) in [4.78, 5) is 18.9. The highest BCUT2D eigenvalue weighted by Crippen LogP contribution is 2.30. The lowest BCUT2D eigenvalue weighted by Gasteiger charge is -2.34. The molecule has 2 aromatic rings. The number of hydrogen-bond donors (Lipinski definition) is 1. The zero-order valence-corrected chi connectivity index (χ0v) is 12.9. The topological polar surface area (TPSA) is 63.1 Å². The number of rotatable bonds is 1. The van der Waals surface area contributed by atoms with Gasteiger partial charge in [0.05, 0.1) is 6.04 Å². The lowest BCUT2D eigenvalue weighted by molar-refractivity contribution is 0.0664. The van der Waals surface area contributed by atoms with Gasteiger partial charge in [0.25, 0.3) is 5.91 Å². The van der Waals surface area contributed by atoms with Gasteiger partial charge in [-0.25, -0.2) is 9.07 Å². The molecule has 1 aromatic heterocycles. The van der Waals surface area contributed by atoms with Gasteiger partial charge in [0.2, 0.25) is 11.8 Å². The molecule has 2 aliphatic heterocycles. The van der Waals surface area contributed by atoms with Crippen LogP contribution in [0.3, 0.4) is 0 Å². The van der Waals surface area contributed by atoms with Crippen LogP contribution in [0.1, 0.15) is 41.1 Å². The number of benzene rings is 1. The molecule has 7 heteroatoms. The lowest BCUT2D eigenvalue weighted by atomic mass is 9.93. The fourth-order valence-electron chi connectivity index (χ4n) is 3.36. The molecule has 0 saturated heterocycles. The van der Waals surface area contributed by atoms with Crippen LogP contribution in [-0.2, 0) is 13.0 Å². The molecule has 2 aliphatic rings. The number of halogens is 1. The first-order valence-electron chi connectivity index (χ1n) is 7.91. The van der Waals surface area contributed by atoms with Crippen LogP contribution in [-0.4, -0.2) is 38.7 Å². The maximum atomic E-state index is 13.4. The van der Waals surface area contributed by atoms with Crippen LogP contribution in [0.25, 0.3) is 0 Å². The van der Waals surface area contributed by atoms with Gasteiger partial charge in [-0.05, 0) is 43.0 Å². The Morgan fingerprint density at radius 1 is 1.39 bits per heavy atom. The number of aromatic nitrogens is 3. The van der Waals surface area contributed by atoms with Crippen LogP contribution in [0.5, 0.6) is 0 Å². The van der Waals surface area contributed by atoms with Crippen molar-refractivity contribution < 1.29 is 9.18 Å². The number of nitrogens with one attached hydrogen (secondary N) is 1. The van der Waals surface area contributed by atoms with Crippen LogP contribution >= 0.6 is 0 Å². The van der Waals surface area contributed by atoms with Crippen molar-refractivity contribution in [2.24, 2.45) is 0 Å². The smallest absolute Gasteiger partial charge is 0.294 e. The van der Waals surface area contributed by atoms with E-state index in [0.29, 0.717) is 18.9 Å². The summed E-state index contributed by atoms with van der Waals surface area (Å²) in [5, 5.41) is 7.47. The van der Waals surface area contributed by atoms with Crippen molar-refractivity contribution in [2.75, 3.05) is 18.4 Å². The van der Waals surface area contributed by atoms with Crippen LogP contribution in [0.2, 0.25) is 0 Å². The molecule has 1 unspecified atom stereocenters. The summed E-state index contributed by atoms with van der Waals surface area (Å²) in [5.41, 5.74) is 1.97. The third-order valence-corrected chi connectivity index (χ3v) is 4.60. The summed E-state index contributed by atoms with van der Waals surface area (Å²) in [7, 11) is 0. The predicted octanol–water partition coefficient (Wildman–Crippen LogP) is 1.99. The predicted molar refractivity (Wildman–Crippen MR) is 82.7 cm³/mol. The van der Waals surface area contributed by atoms with Crippen LogP contribution in [0.15, 0.2) is 18.2 Å². The van der Waals surface area contributed by atoms with E-state index in [0.717, 1.165) is 30.6 Å². The summed E-state index contributed by atoms with van der Waals surface area (Å²) in [6, 6.07) is 4.66. The quantitative estimate of drug-likeness (QED) is 0.874. The van der Waals surface area contributed by atoms with E-state index in [2.05, 4.69) is 15.4 Å². The minimum absolute atomic E-state index is 0.111. The van der Waals surface area contributed by atoms with E-state index in [1.54, 1.807) is 21.7 Å². The van der Waals surface area contributed by atoms with Gasteiger partial charge in [-0.2, -0.15) is 4.98 Å². The fraction of sp³-hybridized carbons (Fsp3) is 0.438. The Hall–Kier alpha value is -2.44. The molecule has 1 atom stereocenters. The first-order valence-corrected chi connectivity index (χ1v) is 7.91. The standard InChI is InChI=1S/C16H18FN5O/c1-10-13-4-3-12(17)9-11(13)5-8-21(10)15(23)14-19-16-18-6-2-7-22(16)20-14/h3-4,9-10H,2,5-8H2,1H3,(H,18,19,20). The first kappa shape index (κ1) is 14.2. The summed E-state index contributed by atoms with van der Waals surface area (Å²) in [6.45, 7) is 4.14. The van der Waals surface area contributed by atoms with Gasteiger partial charge >= 0.3 is 0 Å². The van der Waals surface area contributed by atoms with Crippen LogP contribution in [0, 0.1) is 5.82 Å². The summed E-state index contributed by atoms with van der Waals surface area (Å²) in [6.07, 6.45) is 1.62. The van der Waals surface area contributed by atoms with E-state index in [9.17, 15) is 9.18 Å². The van der Waals surface area contributed by atoms with E-state index in [-0.39, 0.29) is 23.6 Å². The highest BCUT2D eigenvalue weighted by atomic mass is 19.1. The second kappa shape index (κ2) is 5.33. The molecule has 1 aromatic carbocycles. The summed E-state index contributed by atoms with van der Waals surface area (Å²) >= 11 is 0. The molecule has 0 fully saturated rings. The highest BCUT2D eigenvalue weighted by molar-refractivity contribution is 5.91. The van der Waals surface area contributed by atoms with E-state index < -0.39 is 0 Å². The third-order valence-electron chi connectivity index (χ3n) is 4.60. The summed E-state index contributed by atoms with van der Waals surface area (Å²) < 4.78 is 15.1. The second-order valence-electron chi connectivity index (χ2n) is 6.03. The van der Waals surface area contributed by atoms with Crippen molar-refractivity contribution in [1.82, 2.24) is 19.7 Å². The van der Waals surface area contributed by atoms with Gasteiger partial charge in [0, 0.05) is 19.6 Å². The normalized spacial score (nSPS) is 19.7. The molecular weight excluding hydrogens is 297 g/mol. The largest absolute Gasteiger partial charge is 0.354 e. The fourth-order valence-corrected chi connectivity index (χ4v) is 3.36. The van der Waals surface area contributed by atoms with E-state index in [1.165, 1.54) is 6.07 Å². The summed E-state index contributed by atoms with van der Waals surface area (Å²) in [5.74, 6) is 0.486. The molecule has 3 heterocycles. The molecule has 4 rings (SSSR count). The molecular formula is C16H18FN5O. The van der Waals surface area contributed by atoms with Crippen molar-refractivity contribution in [3.05, 3.63) is 41.0 Å². The average molecular weight is 315 g/mol. The lowest BCUT2D eigenvalue weighted by Crippen LogP contribution is -2.39. The maximum Gasteiger partial charge on any atom is 0.294 e. The number of carbonyl (C=O) groups excluding carboxylic acids is 1. The van der Waals surface area contributed by atoms with Crippen LogP contribution < -0.4 is 5.32 Å². The van der Waals surface area contributed by atoms with Crippen molar-refractivity contribution in [3.8, 4) is 0 Å². The zero-order chi connectivity index (χ0) is 16.0. The van der Waals surface area contributed by atoms with Crippen molar-refractivity contribution in [1.29, 1.82) is 0 Å². The Kier molecular flexibility index (Phi) is 3.28. The maximum absolute atomic E-state index is 13.4. The number of nitrogens with zero attached hydrogens (tertiary/aromatic N) is 4. The molecule has 0 bridgehead atoms. The Morgan fingerprint density at radius 2 is 2.26 bits per heavy atom. The van der Waals surface area contributed by atoms with Gasteiger partial charge in [0.1, 0.15) is 5.82 Å². The van der Waals surface area contributed by atoms with Gasteiger partial charge in [-0.1, -0.05) is 6.07 Å². The third kappa shape index (κ3) is 2.36. The minimum Gasteiger partial charge on any atom is -0.354 e. The highest BCUT2D eigenvalue weighted by Gasteiger charge is 2.31. The molecule has 6 nitrogen and oxygen atoms in total. The first-order chi connectivity index (χ1) is 11.1. The van der Waals surface area contributed by atoms with Crippen molar-refractivity contribution in [2.45, 2.75) is 32.4 Å². The zero-order valence-electron chi connectivity index (χ0n) is 12.9. The number of carbonyl (C=O) groups is 1. The number of hydrogen-bond acceptors (Lipinski definition) is 4. The minimum atomic E-state index is -0.231.